The number of halogens is 9. The van der Waals surface area contributed by atoms with Crippen molar-refractivity contribution in [3.05, 3.63) is 0 Å². The Labute approximate surface area is 78.6 Å². The SMILES string of the molecule is FC(F)(F)S(Cl)=NC(F)(F)C(F)(F)F. The molecule has 0 aliphatic rings. The van der Waals surface area contributed by atoms with Crippen LogP contribution in [0.25, 0.3) is 0 Å². The first-order valence-electron chi connectivity index (χ1n) is 2.53. The molecule has 11 heteroatoms. The van der Waals surface area contributed by atoms with Crippen LogP contribution in [-0.4, -0.2) is 17.7 Å². The van der Waals surface area contributed by atoms with Crippen LogP contribution in [0.3, 0.4) is 0 Å². The maximum absolute atomic E-state index is 11.8. The van der Waals surface area contributed by atoms with Gasteiger partial charge in [0.25, 0.3) is 0 Å². The van der Waals surface area contributed by atoms with Gasteiger partial charge in [-0.3, -0.25) is 0 Å². The average molecular weight is 270 g/mol. The zero-order chi connectivity index (χ0) is 11.8. The Balaban J connectivity index is 5.00. The lowest BCUT2D eigenvalue weighted by molar-refractivity contribution is -0.277. The summed E-state index contributed by atoms with van der Waals surface area (Å²) in [4.78, 5) is 0. The van der Waals surface area contributed by atoms with Crippen molar-refractivity contribution in [2.45, 2.75) is 17.7 Å². The molecule has 1 unspecified atom stereocenters. The maximum Gasteiger partial charge on any atom is 0.477 e. The molecule has 0 aromatic rings. The maximum atomic E-state index is 11.8. The van der Waals surface area contributed by atoms with Crippen LogP contribution in [-0.2, 0) is 9.90 Å². The summed E-state index contributed by atoms with van der Waals surface area (Å²) >= 11 is 0. The van der Waals surface area contributed by atoms with Crippen LogP contribution in [0.1, 0.15) is 0 Å². The van der Waals surface area contributed by atoms with Gasteiger partial charge in [-0.05, 0) is 10.7 Å². The zero-order valence-electron chi connectivity index (χ0n) is 5.76. The highest BCUT2D eigenvalue weighted by Gasteiger charge is 2.59. The fraction of sp³-hybridized carbons (Fsp3) is 1.00. The van der Waals surface area contributed by atoms with Gasteiger partial charge in [0.15, 0.2) is 0 Å². The van der Waals surface area contributed by atoms with Crippen molar-refractivity contribution in [1.29, 1.82) is 0 Å². The molecule has 0 aliphatic carbocycles. The lowest BCUT2D eigenvalue weighted by Gasteiger charge is -2.15. The second-order valence-electron chi connectivity index (χ2n) is 1.81. The summed E-state index contributed by atoms with van der Waals surface area (Å²) in [5.74, 6) is 0. The van der Waals surface area contributed by atoms with Crippen LogP contribution in [0, 0.1) is 0 Å². The average Bonchev–Trinajstić information content (AvgIpc) is 1.80. The second-order valence-corrected chi connectivity index (χ2v) is 3.81. The van der Waals surface area contributed by atoms with Crippen molar-refractivity contribution in [3.8, 4) is 0 Å². The Morgan fingerprint density at radius 2 is 1.21 bits per heavy atom. The standard InChI is InChI=1S/C3ClF8NS/c4-14(3(10,11)12)13-2(8,9)1(5,6)7. The molecule has 0 heterocycles. The Kier molecular flexibility index (Phi) is 3.76. The van der Waals surface area contributed by atoms with Gasteiger partial charge in [-0.15, -0.1) is 0 Å². The summed E-state index contributed by atoms with van der Waals surface area (Å²) in [6, 6.07) is -5.80. The monoisotopic (exact) mass is 269 g/mol. The first kappa shape index (κ1) is 13.9. The summed E-state index contributed by atoms with van der Waals surface area (Å²) in [5.41, 5.74) is -5.42. The molecular formula is C3ClF8NS. The van der Waals surface area contributed by atoms with Crippen LogP contribution < -0.4 is 0 Å². The van der Waals surface area contributed by atoms with E-state index in [9.17, 15) is 35.1 Å². The smallest absolute Gasteiger partial charge is 0.170 e. The Morgan fingerprint density at radius 3 is 1.43 bits per heavy atom. The summed E-state index contributed by atoms with van der Waals surface area (Å²) in [6.45, 7) is 0. The van der Waals surface area contributed by atoms with E-state index in [1.54, 1.807) is 0 Å². The van der Waals surface area contributed by atoms with Crippen LogP contribution in [0.5, 0.6) is 0 Å². The summed E-state index contributed by atoms with van der Waals surface area (Å²) in [5, 5.41) is 0. The summed E-state index contributed by atoms with van der Waals surface area (Å²) in [7, 11) is 0.328. The molecule has 0 amide bonds. The number of hydrogen-bond donors (Lipinski definition) is 0. The molecule has 1 atom stereocenters. The van der Waals surface area contributed by atoms with Gasteiger partial charge < -0.3 is 0 Å². The molecule has 0 fully saturated rings. The van der Waals surface area contributed by atoms with Crippen LogP contribution in [0.4, 0.5) is 35.1 Å². The Hall–Kier alpha value is -0.120. The van der Waals surface area contributed by atoms with Crippen molar-refractivity contribution in [2.24, 2.45) is 4.36 Å². The van der Waals surface area contributed by atoms with Crippen molar-refractivity contribution in [1.82, 2.24) is 0 Å². The first-order valence-corrected chi connectivity index (χ1v) is 4.53. The predicted octanol–water partition coefficient (Wildman–Crippen LogP) is 3.62. The molecule has 1 nitrogen and oxygen atoms in total. The highest BCUT2D eigenvalue weighted by molar-refractivity contribution is 8.10. The molecule has 86 valence electrons. The van der Waals surface area contributed by atoms with Gasteiger partial charge in [-0.2, -0.15) is 39.5 Å². The van der Waals surface area contributed by atoms with E-state index >= 15 is 0 Å². The molecule has 14 heavy (non-hydrogen) atoms. The Bertz CT molecular complexity index is 240. The molecule has 0 saturated heterocycles. The van der Waals surface area contributed by atoms with Gasteiger partial charge in [0, 0.05) is 0 Å². The predicted molar refractivity (Wildman–Crippen MR) is 32.7 cm³/mol. The molecule has 0 spiro atoms. The van der Waals surface area contributed by atoms with E-state index in [1.165, 1.54) is 0 Å². The van der Waals surface area contributed by atoms with Gasteiger partial charge in [0.05, 0.1) is 0 Å². The third-order valence-electron chi connectivity index (χ3n) is 0.727. The zero-order valence-corrected chi connectivity index (χ0v) is 7.33. The van der Waals surface area contributed by atoms with Gasteiger partial charge in [-0.1, -0.05) is 0 Å². The van der Waals surface area contributed by atoms with E-state index < -0.39 is 27.6 Å². The fourth-order valence-electron chi connectivity index (χ4n) is 0.204. The normalized spacial score (nSPS) is 17.2. The minimum absolute atomic E-state index is 1.16. The van der Waals surface area contributed by atoms with E-state index in [2.05, 4.69) is 10.7 Å². The summed E-state index contributed by atoms with van der Waals surface area (Å²) < 4.78 is 93.2. The van der Waals surface area contributed by atoms with E-state index in [0.717, 1.165) is 4.36 Å². The minimum Gasteiger partial charge on any atom is -0.170 e. The molecule has 0 N–H and O–H groups in total. The number of rotatable bonds is 1. The van der Waals surface area contributed by atoms with Crippen LogP contribution >= 0.6 is 10.7 Å². The van der Waals surface area contributed by atoms with Gasteiger partial charge in [-0.25, -0.2) is 0 Å². The molecule has 0 saturated carbocycles. The molecule has 0 rings (SSSR count). The molecule has 0 aliphatic heterocycles. The lowest BCUT2D eigenvalue weighted by Crippen LogP contribution is -2.35. The van der Waals surface area contributed by atoms with Crippen LogP contribution in [0.15, 0.2) is 4.36 Å². The lowest BCUT2D eigenvalue weighted by atomic mass is 10.6. The van der Waals surface area contributed by atoms with Crippen molar-refractivity contribution < 1.29 is 35.1 Å². The van der Waals surface area contributed by atoms with E-state index in [4.69, 9.17) is 0 Å². The van der Waals surface area contributed by atoms with Gasteiger partial charge >= 0.3 is 17.7 Å². The third-order valence-corrected chi connectivity index (χ3v) is 2.23. The highest BCUT2D eigenvalue weighted by atomic mass is 35.7. The third kappa shape index (κ3) is 3.56. The number of nitrogens with zero attached hydrogens (tertiary/aromatic N) is 1. The van der Waals surface area contributed by atoms with E-state index in [-0.39, 0.29) is 0 Å². The largest absolute Gasteiger partial charge is 0.477 e. The molecule has 0 radical (unpaired) electrons. The Morgan fingerprint density at radius 1 is 0.857 bits per heavy atom. The quantitative estimate of drug-likeness (QED) is 0.509. The highest BCUT2D eigenvalue weighted by Crippen LogP contribution is 2.39. The van der Waals surface area contributed by atoms with Crippen LogP contribution in [0.2, 0.25) is 0 Å². The van der Waals surface area contributed by atoms with Crippen molar-refractivity contribution in [2.75, 3.05) is 0 Å². The molecule has 0 bridgehead atoms. The number of hydrogen-bond acceptors (Lipinski definition) is 1. The summed E-state index contributed by atoms with van der Waals surface area (Å²) in [6.07, 6.45) is -6.18. The molecule has 0 aromatic heterocycles. The van der Waals surface area contributed by atoms with Crippen molar-refractivity contribution in [3.63, 3.8) is 0 Å². The first-order chi connectivity index (χ1) is 5.88. The number of alkyl halides is 8. The van der Waals surface area contributed by atoms with E-state index in [0.29, 0.717) is 0 Å². The second kappa shape index (κ2) is 3.80. The molecular weight excluding hydrogens is 270 g/mol. The van der Waals surface area contributed by atoms with E-state index in [1.807, 2.05) is 0 Å². The topological polar surface area (TPSA) is 12.4 Å². The van der Waals surface area contributed by atoms with Gasteiger partial charge in [0.1, 0.15) is 9.90 Å². The fourth-order valence-corrected chi connectivity index (χ4v) is 0.873. The molecule has 0 aromatic carbocycles. The van der Waals surface area contributed by atoms with Crippen molar-refractivity contribution >= 4 is 20.6 Å². The van der Waals surface area contributed by atoms with Gasteiger partial charge in [0.2, 0.25) is 0 Å². The minimum atomic E-state index is -6.18.